The lowest BCUT2D eigenvalue weighted by Crippen LogP contribution is -1.91. The monoisotopic (exact) mass is 430 g/mol. The quantitative estimate of drug-likeness (QED) is 0.221. The van der Waals surface area contributed by atoms with E-state index in [0.717, 1.165) is 5.65 Å². The minimum atomic E-state index is 1.03. The lowest BCUT2D eigenvalue weighted by Gasteiger charge is -2.11. The summed E-state index contributed by atoms with van der Waals surface area (Å²) < 4.78 is 7.71. The van der Waals surface area contributed by atoms with Crippen LogP contribution < -0.4 is 0 Å². The number of nitrogens with zero attached hydrogens (tertiary/aromatic N) is 2. The van der Waals surface area contributed by atoms with Crippen LogP contribution in [0, 0.1) is 0 Å². The van der Waals surface area contributed by atoms with E-state index in [9.17, 15) is 0 Å². The molecule has 0 saturated carbocycles. The Kier molecular flexibility index (Phi) is 2.94. The zero-order chi connectivity index (χ0) is 20.1. The lowest BCUT2D eigenvalue weighted by atomic mass is 9.99. The SMILES string of the molecule is c1ccc2c(c1)sc1c2c2c3ccccc3sc2c2c1c1ccccc1c1nccn12. The van der Waals surface area contributed by atoms with Gasteiger partial charge >= 0.3 is 0 Å². The maximum Gasteiger partial charge on any atom is 0.145 e. The molecule has 4 heterocycles. The number of aromatic nitrogens is 2. The minimum absolute atomic E-state index is 1.03. The molecule has 0 amide bonds. The second kappa shape index (κ2) is 5.61. The summed E-state index contributed by atoms with van der Waals surface area (Å²) in [5.74, 6) is 0. The van der Waals surface area contributed by atoms with Crippen molar-refractivity contribution >= 4 is 90.3 Å². The summed E-state index contributed by atoms with van der Waals surface area (Å²) in [6.07, 6.45) is 4.04. The van der Waals surface area contributed by atoms with Gasteiger partial charge in [-0.2, -0.15) is 0 Å². The molecule has 0 fully saturated rings. The van der Waals surface area contributed by atoms with Crippen LogP contribution >= 0.6 is 22.7 Å². The van der Waals surface area contributed by atoms with Crippen LogP contribution in [0.5, 0.6) is 0 Å². The Morgan fingerprint density at radius 3 is 1.90 bits per heavy atom. The largest absolute Gasteiger partial charge is 0.298 e. The van der Waals surface area contributed by atoms with Gasteiger partial charge in [-0.3, -0.25) is 4.40 Å². The fraction of sp³-hybridized carbons (Fsp3) is 0. The van der Waals surface area contributed by atoms with E-state index in [1.807, 2.05) is 28.9 Å². The van der Waals surface area contributed by atoms with Crippen molar-refractivity contribution in [1.29, 1.82) is 0 Å². The summed E-state index contributed by atoms with van der Waals surface area (Å²) in [5.41, 5.74) is 2.31. The third-order valence-corrected chi connectivity index (χ3v) is 8.80. The summed E-state index contributed by atoms with van der Waals surface area (Å²) in [5, 5.41) is 9.31. The van der Waals surface area contributed by atoms with Crippen molar-refractivity contribution in [2.45, 2.75) is 0 Å². The molecule has 31 heavy (non-hydrogen) atoms. The highest BCUT2D eigenvalue weighted by Gasteiger charge is 2.22. The molecule has 4 heteroatoms. The average Bonchev–Trinajstić information content (AvgIpc) is 3.53. The molecule has 0 N–H and O–H groups in total. The topological polar surface area (TPSA) is 17.3 Å². The highest BCUT2D eigenvalue weighted by molar-refractivity contribution is 7.29. The minimum Gasteiger partial charge on any atom is -0.298 e. The van der Waals surface area contributed by atoms with Gasteiger partial charge in [0.1, 0.15) is 5.65 Å². The molecule has 0 aliphatic heterocycles. The highest BCUT2D eigenvalue weighted by atomic mass is 32.1. The zero-order valence-corrected chi connectivity index (χ0v) is 17.9. The van der Waals surface area contributed by atoms with E-state index in [-0.39, 0.29) is 0 Å². The predicted octanol–water partition coefficient (Wildman–Crippen LogP) is 8.38. The van der Waals surface area contributed by atoms with Gasteiger partial charge in [-0.1, -0.05) is 60.7 Å². The molecule has 0 saturated heterocycles. The molecule has 0 aliphatic carbocycles. The highest BCUT2D eigenvalue weighted by Crippen LogP contribution is 2.50. The summed E-state index contributed by atoms with van der Waals surface area (Å²) in [7, 11) is 0. The van der Waals surface area contributed by atoms with E-state index in [4.69, 9.17) is 4.98 Å². The van der Waals surface area contributed by atoms with Crippen molar-refractivity contribution in [2.75, 3.05) is 0 Å². The zero-order valence-electron chi connectivity index (χ0n) is 16.3. The van der Waals surface area contributed by atoms with Crippen LogP contribution in [0.4, 0.5) is 0 Å². The number of pyridine rings is 1. The maximum absolute atomic E-state index is 4.75. The Hall–Kier alpha value is -3.47. The van der Waals surface area contributed by atoms with Crippen molar-refractivity contribution < 1.29 is 0 Å². The van der Waals surface area contributed by atoms with E-state index in [0.29, 0.717) is 0 Å². The van der Waals surface area contributed by atoms with Gasteiger partial charge in [-0.05, 0) is 17.5 Å². The Balaban J connectivity index is 1.88. The number of hydrogen-bond acceptors (Lipinski definition) is 3. The molecule has 4 aromatic carbocycles. The average molecular weight is 431 g/mol. The fourth-order valence-corrected chi connectivity index (χ4v) is 7.74. The van der Waals surface area contributed by atoms with E-state index in [2.05, 4.69) is 83.4 Å². The number of thiophene rings is 2. The summed E-state index contributed by atoms with van der Waals surface area (Å²) >= 11 is 3.82. The molecule has 4 aromatic heterocycles. The van der Waals surface area contributed by atoms with Gasteiger partial charge in [0.15, 0.2) is 0 Å². The molecule has 0 atom stereocenters. The van der Waals surface area contributed by atoms with Gasteiger partial charge in [-0.15, -0.1) is 22.7 Å². The number of hydrogen-bond donors (Lipinski definition) is 0. The normalized spacial score (nSPS) is 12.5. The number of benzene rings is 4. The summed E-state index contributed by atoms with van der Waals surface area (Å²) in [6, 6.07) is 26.4. The molecule has 0 aliphatic rings. The van der Waals surface area contributed by atoms with Crippen LogP contribution in [-0.4, -0.2) is 9.38 Å². The van der Waals surface area contributed by atoms with Gasteiger partial charge in [0.25, 0.3) is 0 Å². The smallest absolute Gasteiger partial charge is 0.145 e. The second-order valence-corrected chi connectivity index (χ2v) is 10.1. The van der Waals surface area contributed by atoms with Gasteiger partial charge in [-0.25, -0.2) is 4.98 Å². The van der Waals surface area contributed by atoms with Gasteiger partial charge in [0, 0.05) is 58.8 Å². The van der Waals surface area contributed by atoms with Gasteiger partial charge < -0.3 is 0 Å². The van der Waals surface area contributed by atoms with E-state index in [1.54, 1.807) is 0 Å². The molecule has 8 aromatic rings. The summed E-state index contributed by atoms with van der Waals surface area (Å²) in [4.78, 5) is 4.75. The standard InChI is InChI=1S/C27H14N2S2/c1-2-8-16-15(7-1)23-24(29-14-13-28-27(16)29)26-22(18-10-4-6-12-20(18)31-26)21-17-9-3-5-11-19(17)30-25(21)23/h1-14H. The molecule has 144 valence electrons. The molecule has 0 spiro atoms. The van der Waals surface area contributed by atoms with Crippen LogP contribution in [-0.2, 0) is 0 Å². The van der Waals surface area contributed by atoms with Gasteiger partial charge in [0.05, 0.1) is 10.2 Å². The number of rotatable bonds is 0. The molecule has 0 unspecified atom stereocenters. The first-order valence-electron chi connectivity index (χ1n) is 10.3. The van der Waals surface area contributed by atoms with Crippen molar-refractivity contribution in [3.05, 3.63) is 85.2 Å². The Morgan fingerprint density at radius 1 is 0.581 bits per heavy atom. The number of imidazole rings is 1. The lowest BCUT2D eigenvalue weighted by molar-refractivity contribution is 1.28. The first kappa shape index (κ1) is 16.3. The molecular formula is C27H14N2S2. The van der Waals surface area contributed by atoms with Crippen molar-refractivity contribution in [2.24, 2.45) is 0 Å². The van der Waals surface area contributed by atoms with Gasteiger partial charge in [0.2, 0.25) is 0 Å². The third kappa shape index (κ3) is 1.91. The first-order valence-corrected chi connectivity index (χ1v) is 12.0. The van der Waals surface area contributed by atoms with E-state index in [1.165, 1.54) is 62.0 Å². The van der Waals surface area contributed by atoms with Crippen molar-refractivity contribution in [3.63, 3.8) is 0 Å². The Morgan fingerprint density at radius 2 is 1.16 bits per heavy atom. The molecule has 0 radical (unpaired) electrons. The Bertz CT molecular complexity index is 2000. The first-order chi connectivity index (χ1) is 15.4. The maximum atomic E-state index is 4.75. The van der Waals surface area contributed by atoms with Crippen LogP contribution in [0.1, 0.15) is 0 Å². The van der Waals surface area contributed by atoms with E-state index < -0.39 is 0 Å². The molecule has 8 rings (SSSR count). The number of fused-ring (bicyclic) bond motifs is 15. The molecular weight excluding hydrogens is 416 g/mol. The van der Waals surface area contributed by atoms with E-state index >= 15 is 0 Å². The van der Waals surface area contributed by atoms with Crippen LogP contribution in [0.3, 0.4) is 0 Å². The van der Waals surface area contributed by atoms with Crippen LogP contribution in [0.25, 0.3) is 67.7 Å². The Labute approximate surface area is 184 Å². The van der Waals surface area contributed by atoms with Crippen molar-refractivity contribution in [1.82, 2.24) is 9.38 Å². The molecule has 0 bridgehead atoms. The third-order valence-electron chi connectivity index (χ3n) is 6.44. The van der Waals surface area contributed by atoms with Crippen LogP contribution in [0.2, 0.25) is 0 Å². The summed E-state index contributed by atoms with van der Waals surface area (Å²) in [6.45, 7) is 0. The van der Waals surface area contributed by atoms with Crippen molar-refractivity contribution in [3.8, 4) is 0 Å². The fourth-order valence-electron chi connectivity index (χ4n) is 5.21. The molecule has 2 nitrogen and oxygen atoms in total. The second-order valence-electron chi connectivity index (χ2n) is 7.99. The van der Waals surface area contributed by atoms with Crippen LogP contribution in [0.15, 0.2) is 85.2 Å². The predicted molar refractivity (Wildman–Crippen MR) is 136 cm³/mol.